The van der Waals surface area contributed by atoms with Crippen molar-refractivity contribution in [3.05, 3.63) is 29.6 Å². The Kier molecular flexibility index (Phi) is 2.81. The van der Waals surface area contributed by atoms with Crippen LogP contribution in [0.25, 0.3) is 0 Å². The summed E-state index contributed by atoms with van der Waals surface area (Å²) in [6.07, 6.45) is 3.51. The summed E-state index contributed by atoms with van der Waals surface area (Å²) in [7, 11) is 0. The van der Waals surface area contributed by atoms with Crippen LogP contribution in [-0.4, -0.2) is 41.1 Å². The summed E-state index contributed by atoms with van der Waals surface area (Å²) in [6.45, 7) is 9.37. The molecule has 0 radical (unpaired) electrons. The number of nitrogens with zero attached hydrogens (tertiary/aromatic N) is 3. The molecule has 3 rings (SSSR count). The lowest BCUT2D eigenvalue weighted by Crippen LogP contribution is -2.17. The van der Waals surface area contributed by atoms with Crippen LogP contribution in [0.15, 0.2) is 28.4 Å². The lowest BCUT2D eigenvalue weighted by molar-refractivity contribution is 0.278. The third-order valence-electron chi connectivity index (χ3n) is 3.16. The molecule has 0 saturated carbocycles. The maximum Gasteiger partial charge on any atom is 0.218 e. The first-order valence-electron chi connectivity index (χ1n) is 6.76. The van der Waals surface area contributed by atoms with Gasteiger partial charge in [0.1, 0.15) is 13.2 Å². The Morgan fingerprint density at radius 2 is 1.30 bits per heavy atom. The fraction of sp³-hybridized carbons (Fsp3) is 0.533. The predicted molar refractivity (Wildman–Crippen MR) is 77.4 cm³/mol. The lowest BCUT2D eigenvalue weighted by Gasteiger charge is -2.07. The highest BCUT2D eigenvalue weighted by Crippen LogP contribution is 2.23. The van der Waals surface area contributed by atoms with Gasteiger partial charge < -0.3 is 9.47 Å². The molecule has 1 aromatic heterocycles. The first-order valence-corrected chi connectivity index (χ1v) is 6.76. The Hall–Kier alpha value is -1.91. The highest BCUT2D eigenvalue weighted by atomic mass is 16.5. The molecule has 20 heavy (non-hydrogen) atoms. The lowest BCUT2D eigenvalue weighted by atomic mass is 10.1. The van der Waals surface area contributed by atoms with Gasteiger partial charge in [0, 0.05) is 12.4 Å². The fourth-order valence-electron chi connectivity index (χ4n) is 2.14. The zero-order valence-electron chi connectivity index (χ0n) is 12.3. The molecule has 2 aliphatic rings. The number of rotatable bonds is 2. The maximum atomic E-state index is 5.64. The van der Waals surface area contributed by atoms with Gasteiger partial charge >= 0.3 is 0 Å². The molecule has 0 aliphatic carbocycles. The van der Waals surface area contributed by atoms with Crippen LogP contribution in [0, 0.1) is 0 Å². The average molecular weight is 273 g/mol. The van der Waals surface area contributed by atoms with Gasteiger partial charge in [0.15, 0.2) is 0 Å². The molecule has 0 atom stereocenters. The molecule has 0 saturated heterocycles. The van der Waals surface area contributed by atoms with Gasteiger partial charge in [-0.1, -0.05) is 0 Å². The minimum Gasteiger partial charge on any atom is -0.475 e. The van der Waals surface area contributed by atoms with E-state index in [0.717, 1.165) is 11.1 Å². The van der Waals surface area contributed by atoms with Gasteiger partial charge in [-0.05, 0) is 33.8 Å². The standard InChI is InChI=1S/C15H19N3O2/c1-14(2)8-19-12(17-14)10-5-11(7-16-6-10)13-18-15(3,4)9-20-13/h5-7H,8-9H2,1-4H3. The monoisotopic (exact) mass is 273 g/mol. The van der Waals surface area contributed by atoms with Crippen molar-refractivity contribution in [2.75, 3.05) is 13.2 Å². The van der Waals surface area contributed by atoms with E-state index in [9.17, 15) is 0 Å². The molecule has 0 unspecified atom stereocenters. The molecule has 0 fully saturated rings. The SMILES string of the molecule is CC1(C)COC(c2cncc(C3=NC(C)(C)CO3)c2)=N1. The Balaban J connectivity index is 1.92. The Labute approximate surface area is 118 Å². The van der Waals surface area contributed by atoms with Gasteiger partial charge in [0.2, 0.25) is 11.8 Å². The third kappa shape index (κ3) is 2.53. The summed E-state index contributed by atoms with van der Waals surface area (Å²) in [4.78, 5) is 13.4. The smallest absolute Gasteiger partial charge is 0.218 e. The quantitative estimate of drug-likeness (QED) is 0.830. The molecular formula is C15H19N3O2. The maximum absolute atomic E-state index is 5.64. The van der Waals surface area contributed by atoms with E-state index in [1.807, 2.05) is 33.8 Å². The molecule has 5 nitrogen and oxygen atoms in total. The molecule has 106 valence electrons. The number of hydrogen-bond acceptors (Lipinski definition) is 5. The van der Waals surface area contributed by atoms with Crippen LogP contribution < -0.4 is 0 Å². The summed E-state index contributed by atoms with van der Waals surface area (Å²) < 4.78 is 11.3. The highest BCUT2D eigenvalue weighted by molar-refractivity contribution is 6.00. The van der Waals surface area contributed by atoms with Crippen molar-refractivity contribution in [3.63, 3.8) is 0 Å². The Morgan fingerprint density at radius 3 is 1.65 bits per heavy atom. The Bertz CT molecular complexity index is 554. The first kappa shape index (κ1) is 13.1. The van der Waals surface area contributed by atoms with Gasteiger partial charge in [0.25, 0.3) is 0 Å². The minimum absolute atomic E-state index is 0.172. The van der Waals surface area contributed by atoms with Crippen molar-refractivity contribution in [2.45, 2.75) is 38.8 Å². The minimum atomic E-state index is -0.172. The van der Waals surface area contributed by atoms with Crippen LogP contribution in [0.3, 0.4) is 0 Å². The van der Waals surface area contributed by atoms with Crippen molar-refractivity contribution in [1.29, 1.82) is 0 Å². The normalized spacial score (nSPS) is 22.8. The number of aliphatic imine (C=N–C) groups is 2. The summed E-state index contributed by atoms with van der Waals surface area (Å²) in [5, 5.41) is 0. The first-order chi connectivity index (χ1) is 9.35. The molecule has 5 heteroatoms. The van der Waals surface area contributed by atoms with E-state index in [2.05, 4.69) is 15.0 Å². The molecule has 0 amide bonds. The van der Waals surface area contributed by atoms with Gasteiger partial charge in [-0.25, -0.2) is 9.98 Å². The van der Waals surface area contributed by atoms with E-state index in [1.165, 1.54) is 0 Å². The number of ether oxygens (including phenoxy) is 2. The van der Waals surface area contributed by atoms with E-state index < -0.39 is 0 Å². The van der Waals surface area contributed by atoms with Crippen molar-refractivity contribution in [1.82, 2.24) is 4.98 Å². The van der Waals surface area contributed by atoms with Gasteiger partial charge in [-0.2, -0.15) is 0 Å². The second-order valence-electron chi connectivity index (χ2n) is 6.50. The molecule has 0 bridgehead atoms. The van der Waals surface area contributed by atoms with Crippen LogP contribution in [0.5, 0.6) is 0 Å². The number of pyridine rings is 1. The molecule has 2 aliphatic heterocycles. The molecule has 0 aromatic carbocycles. The second-order valence-corrected chi connectivity index (χ2v) is 6.50. The topological polar surface area (TPSA) is 56.1 Å². The molecule has 0 spiro atoms. The van der Waals surface area contributed by atoms with E-state index in [0.29, 0.717) is 25.0 Å². The van der Waals surface area contributed by atoms with Gasteiger partial charge in [0.05, 0.1) is 22.2 Å². The predicted octanol–water partition coefficient (Wildman–Crippen LogP) is 2.19. The number of hydrogen-bond donors (Lipinski definition) is 0. The van der Waals surface area contributed by atoms with Crippen LogP contribution in [-0.2, 0) is 9.47 Å². The van der Waals surface area contributed by atoms with E-state index >= 15 is 0 Å². The zero-order valence-corrected chi connectivity index (χ0v) is 12.3. The van der Waals surface area contributed by atoms with Crippen LogP contribution in [0.2, 0.25) is 0 Å². The summed E-state index contributed by atoms with van der Waals surface area (Å²) in [5.74, 6) is 1.28. The van der Waals surface area contributed by atoms with Crippen molar-refractivity contribution in [3.8, 4) is 0 Å². The summed E-state index contributed by atoms with van der Waals surface area (Å²) >= 11 is 0. The largest absolute Gasteiger partial charge is 0.475 e. The second kappa shape index (κ2) is 4.30. The zero-order chi connectivity index (χ0) is 14.4. The third-order valence-corrected chi connectivity index (χ3v) is 3.16. The van der Waals surface area contributed by atoms with E-state index in [-0.39, 0.29) is 11.1 Å². The fourth-order valence-corrected chi connectivity index (χ4v) is 2.14. The van der Waals surface area contributed by atoms with Crippen LogP contribution >= 0.6 is 0 Å². The molecule has 1 aromatic rings. The van der Waals surface area contributed by atoms with E-state index in [4.69, 9.17) is 9.47 Å². The number of aromatic nitrogens is 1. The van der Waals surface area contributed by atoms with E-state index in [1.54, 1.807) is 12.4 Å². The van der Waals surface area contributed by atoms with Gasteiger partial charge in [-0.15, -0.1) is 0 Å². The van der Waals surface area contributed by atoms with Crippen molar-refractivity contribution >= 4 is 11.8 Å². The van der Waals surface area contributed by atoms with Crippen LogP contribution in [0.4, 0.5) is 0 Å². The summed E-state index contributed by atoms with van der Waals surface area (Å²) in [5.41, 5.74) is 1.39. The summed E-state index contributed by atoms with van der Waals surface area (Å²) in [6, 6.07) is 1.97. The van der Waals surface area contributed by atoms with Crippen LogP contribution in [0.1, 0.15) is 38.8 Å². The van der Waals surface area contributed by atoms with Crippen molar-refractivity contribution in [2.24, 2.45) is 9.98 Å². The highest BCUT2D eigenvalue weighted by Gasteiger charge is 2.29. The van der Waals surface area contributed by atoms with Crippen molar-refractivity contribution < 1.29 is 9.47 Å². The average Bonchev–Trinajstić information content (AvgIpc) is 2.92. The molecular weight excluding hydrogens is 254 g/mol. The Morgan fingerprint density at radius 1 is 0.850 bits per heavy atom. The molecule has 0 N–H and O–H groups in total. The van der Waals surface area contributed by atoms with Gasteiger partial charge in [-0.3, -0.25) is 4.98 Å². The molecule has 3 heterocycles.